The monoisotopic (exact) mass is 292 g/mol. The molecular formula is C17H28N2O2. The highest BCUT2D eigenvalue weighted by Crippen LogP contribution is 2.19. The summed E-state index contributed by atoms with van der Waals surface area (Å²) < 4.78 is 11.0. The number of ether oxygens (including phenoxy) is 2. The molecule has 1 fully saturated rings. The molecule has 1 saturated heterocycles. The fraction of sp³-hybridized carbons (Fsp3) is 0.647. The first-order valence-corrected chi connectivity index (χ1v) is 7.84. The minimum absolute atomic E-state index is 0.324. The van der Waals surface area contributed by atoms with Crippen LogP contribution in [0.5, 0.6) is 5.75 Å². The van der Waals surface area contributed by atoms with E-state index in [0.717, 1.165) is 25.4 Å². The number of nitrogens with zero attached hydrogens (tertiary/aromatic N) is 1. The molecule has 1 aromatic carbocycles. The molecule has 1 heterocycles. The lowest BCUT2D eigenvalue weighted by molar-refractivity contribution is -0.00254. The summed E-state index contributed by atoms with van der Waals surface area (Å²) in [5, 5.41) is 3.40. The highest BCUT2D eigenvalue weighted by molar-refractivity contribution is 5.29. The number of benzene rings is 1. The van der Waals surface area contributed by atoms with Crippen LogP contribution in [0, 0.1) is 0 Å². The second-order valence-electron chi connectivity index (χ2n) is 5.82. The first-order chi connectivity index (χ1) is 10.2. The first-order valence-electron chi connectivity index (χ1n) is 7.84. The fourth-order valence-corrected chi connectivity index (χ4v) is 2.88. The summed E-state index contributed by atoms with van der Waals surface area (Å²) in [6.07, 6.45) is 4.10. The summed E-state index contributed by atoms with van der Waals surface area (Å²) in [7, 11) is 5.88. The van der Waals surface area contributed by atoms with Crippen LogP contribution in [0.15, 0.2) is 24.3 Å². The smallest absolute Gasteiger partial charge is 0.118 e. The van der Waals surface area contributed by atoms with Crippen molar-refractivity contribution < 1.29 is 9.47 Å². The largest absolute Gasteiger partial charge is 0.497 e. The molecule has 1 N–H and O–H groups in total. The molecule has 0 saturated carbocycles. The lowest BCUT2D eigenvalue weighted by Gasteiger charge is -2.30. The van der Waals surface area contributed by atoms with Gasteiger partial charge in [0.25, 0.3) is 0 Å². The normalized spacial score (nSPS) is 20.5. The molecule has 21 heavy (non-hydrogen) atoms. The molecular weight excluding hydrogens is 264 g/mol. The summed E-state index contributed by atoms with van der Waals surface area (Å²) in [6.45, 7) is 2.91. The lowest BCUT2D eigenvalue weighted by atomic mass is 10.1. The van der Waals surface area contributed by atoms with Gasteiger partial charge >= 0.3 is 0 Å². The van der Waals surface area contributed by atoms with Crippen LogP contribution >= 0.6 is 0 Å². The van der Waals surface area contributed by atoms with E-state index in [-0.39, 0.29) is 0 Å². The van der Waals surface area contributed by atoms with Crippen molar-refractivity contribution in [2.45, 2.75) is 31.4 Å². The Bertz CT molecular complexity index is 402. The third kappa shape index (κ3) is 4.99. The van der Waals surface area contributed by atoms with Crippen LogP contribution in [0.25, 0.3) is 0 Å². The van der Waals surface area contributed by atoms with Crippen LogP contribution in [0.4, 0.5) is 0 Å². The molecule has 1 aliphatic rings. The van der Waals surface area contributed by atoms with Crippen LogP contribution in [0.1, 0.15) is 30.9 Å². The van der Waals surface area contributed by atoms with E-state index in [1.54, 1.807) is 7.11 Å². The highest BCUT2D eigenvalue weighted by Gasteiger charge is 2.18. The Morgan fingerprint density at radius 1 is 1.33 bits per heavy atom. The highest BCUT2D eigenvalue weighted by atomic mass is 16.5. The Hall–Kier alpha value is -1.10. The molecule has 0 bridgehead atoms. The molecule has 0 radical (unpaired) electrons. The van der Waals surface area contributed by atoms with Crippen LogP contribution in [-0.2, 0) is 4.74 Å². The van der Waals surface area contributed by atoms with Gasteiger partial charge in [0.2, 0.25) is 0 Å². The van der Waals surface area contributed by atoms with Crippen molar-refractivity contribution in [2.75, 3.05) is 40.9 Å². The summed E-state index contributed by atoms with van der Waals surface area (Å²) >= 11 is 0. The van der Waals surface area contributed by atoms with E-state index < -0.39 is 0 Å². The number of methoxy groups -OCH3 is 1. The molecule has 2 unspecified atom stereocenters. The van der Waals surface area contributed by atoms with Crippen LogP contribution in [0.3, 0.4) is 0 Å². The van der Waals surface area contributed by atoms with Gasteiger partial charge in [0.05, 0.1) is 13.2 Å². The van der Waals surface area contributed by atoms with Gasteiger partial charge in [0, 0.05) is 25.7 Å². The predicted octanol–water partition coefficient (Wildman–Crippen LogP) is 2.46. The molecule has 0 amide bonds. The Balaban J connectivity index is 1.87. The van der Waals surface area contributed by atoms with Crippen LogP contribution in [0.2, 0.25) is 0 Å². The van der Waals surface area contributed by atoms with Gasteiger partial charge in [0.15, 0.2) is 0 Å². The third-order valence-corrected chi connectivity index (χ3v) is 4.15. The molecule has 0 aliphatic carbocycles. The molecule has 4 nitrogen and oxygen atoms in total. The van der Waals surface area contributed by atoms with E-state index in [4.69, 9.17) is 9.47 Å². The second kappa shape index (κ2) is 8.37. The predicted molar refractivity (Wildman–Crippen MR) is 85.9 cm³/mol. The van der Waals surface area contributed by atoms with Gasteiger partial charge in [-0.05, 0) is 51.1 Å². The first kappa shape index (κ1) is 16.3. The van der Waals surface area contributed by atoms with Crippen molar-refractivity contribution in [1.82, 2.24) is 10.2 Å². The van der Waals surface area contributed by atoms with E-state index in [1.165, 1.54) is 24.8 Å². The Morgan fingerprint density at radius 3 is 2.67 bits per heavy atom. The second-order valence-corrected chi connectivity index (χ2v) is 5.82. The third-order valence-electron chi connectivity index (χ3n) is 4.15. The van der Waals surface area contributed by atoms with Gasteiger partial charge in [-0.15, -0.1) is 0 Å². The summed E-state index contributed by atoms with van der Waals surface area (Å²) in [4.78, 5) is 2.36. The maximum atomic E-state index is 5.82. The van der Waals surface area contributed by atoms with Gasteiger partial charge < -0.3 is 19.7 Å². The number of rotatable bonds is 7. The minimum Gasteiger partial charge on any atom is -0.497 e. The lowest BCUT2D eigenvalue weighted by Crippen LogP contribution is -2.38. The average molecular weight is 292 g/mol. The molecule has 118 valence electrons. The van der Waals surface area contributed by atoms with Crippen molar-refractivity contribution >= 4 is 0 Å². The summed E-state index contributed by atoms with van der Waals surface area (Å²) in [5.41, 5.74) is 1.29. The van der Waals surface area contributed by atoms with Gasteiger partial charge in [-0.3, -0.25) is 0 Å². The summed E-state index contributed by atoms with van der Waals surface area (Å²) in [5.74, 6) is 0.901. The zero-order valence-electron chi connectivity index (χ0n) is 13.5. The zero-order chi connectivity index (χ0) is 15.1. The molecule has 0 spiro atoms. The number of hydrogen-bond acceptors (Lipinski definition) is 4. The van der Waals surface area contributed by atoms with E-state index in [1.807, 2.05) is 19.2 Å². The Labute approximate surface area is 128 Å². The standard InChI is InChI=1S/C17H28N2O2/c1-18-17(14-7-9-15(20-3)10-8-14)13-19(2)12-16-6-4-5-11-21-16/h7-10,16-18H,4-6,11-13H2,1-3H3. The topological polar surface area (TPSA) is 33.7 Å². The maximum Gasteiger partial charge on any atom is 0.118 e. The van der Waals surface area contributed by atoms with Crippen molar-refractivity contribution in [3.8, 4) is 5.75 Å². The quantitative estimate of drug-likeness (QED) is 0.837. The van der Waals surface area contributed by atoms with E-state index in [9.17, 15) is 0 Å². The van der Waals surface area contributed by atoms with Gasteiger partial charge in [-0.1, -0.05) is 12.1 Å². The van der Waals surface area contributed by atoms with Gasteiger partial charge in [0.1, 0.15) is 5.75 Å². The van der Waals surface area contributed by atoms with E-state index in [2.05, 4.69) is 29.4 Å². The van der Waals surface area contributed by atoms with Crippen molar-refractivity contribution in [3.05, 3.63) is 29.8 Å². The van der Waals surface area contributed by atoms with E-state index >= 15 is 0 Å². The maximum absolute atomic E-state index is 5.82. The van der Waals surface area contributed by atoms with Crippen molar-refractivity contribution in [3.63, 3.8) is 0 Å². The van der Waals surface area contributed by atoms with Gasteiger partial charge in [-0.25, -0.2) is 0 Å². The Kier molecular flexibility index (Phi) is 6.49. The fourth-order valence-electron chi connectivity index (χ4n) is 2.88. The summed E-state index contributed by atoms with van der Waals surface area (Å²) in [6, 6.07) is 8.62. The molecule has 1 aromatic rings. The SMILES string of the molecule is CNC(CN(C)CC1CCCCO1)c1ccc(OC)cc1. The molecule has 0 aromatic heterocycles. The average Bonchev–Trinajstić information content (AvgIpc) is 2.53. The van der Waals surface area contributed by atoms with Crippen molar-refractivity contribution in [1.29, 1.82) is 0 Å². The number of nitrogens with one attached hydrogen (secondary N) is 1. The van der Waals surface area contributed by atoms with E-state index in [0.29, 0.717) is 12.1 Å². The van der Waals surface area contributed by atoms with Crippen LogP contribution < -0.4 is 10.1 Å². The molecule has 2 atom stereocenters. The molecule has 1 aliphatic heterocycles. The van der Waals surface area contributed by atoms with Crippen molar-refractivity contribution in [2.24, 2.45) is 0 Å². The molecule has 2 rings (SSSR count). The number of likely N-dealkylation sites (N-methyl/N-ethyl adjacent to an activating group) is 2. The Morgan fingerprint density at radius 2 is 2.10 bits per heavy atom. The minimum atomic E-state index is 0.324. The number of hydrogen-bond donors (Lipinski definition) is 1. The molecule has 4 heteroatoms. The van der Waals surface area contributed by atoms with Crippen LogP contribution in [-0.4, -0.2) is 51.9 Å². The van der Waals surface area contributed by atoms with Gasteiger partial charge in [-0.2, -0.15) is 0 Å². The zero-order valence-corrected chi connectivity index (χ0v) is 13.5.